The largest absolute Gasteiger partial charge is 0.416 e. The zero-order chi connectivity index (χ0) is 31.9. The van der Waals surface area contributed by atoms with Crippen LogP contribution in [0.15, 0.2) is 83.8 Å². The third-order valence-electron chi connectivity index (χ3n) is 8.01. The van der Waals surface area contributed by atoms with Crippen molar-refractivity contribution in [1.82, 2.24) is 10.2 Å². The maximum atomic E-state index is 14.2. The second-order valence-electron chi connectivity index (χ2n) is 11.1. The molecule has 11 heteroatoms. The van der Waals surface area contributed by atoms with Crippen LogP contribution in [0.4, 0.5) is 18.9 Å². The predicted molar refractivity (Wildman–Crippen MR) is 163 cm³/mol. The van der Waals surface area contributed by atoms with E-state index in [4.69, 9.17) is 0 Å². The first-order chi connectivity index (χ1) is 20.9. The highest BCUT2D eigenvalue weighted by atomic mass is 32.2. The molecular weight excluding hydrogens is 591 g/mol. The number of benzene rings is 3. The van der Waals surface area contributed by atoms with Crippen LogP contribution in [0, 0.1) is 6.92 Å². The molecule has 1 unspecified atom stereocenters. The first-order valence-corrected chi connectivity index (χ1v) is 16.2. The number of amides is 2. The lowest BCUT2D eigenvalue weighted by Crippen LogP contribution is -2.54. The molecule has 1 atom stereocenters. The lowest BCUT2D eigenvalue weighted by atomic mass is 9.95. The highest BCUT2D eigenvalue weighted by molar-refractivity contribution is 7.92. The Morgan fingerprint density at radius 1 is 0.932 bits per heavy atom. The van der Waals surface area contributed by atoms with Crippen molar-refractivity contribution >= 4 is 27.5 Å². The molecule has 236 valence electrons. The third-order valence-corrected chi connectivity index (χ3v) is 9.80. The molecule has 0 bridgehead atoms. The number of rotatable bonds is 11. The fraction of sp³-hybridized carbons (Fsp3) is 0.394. The van der Waals surface area contributed by atoms with Crippen molar-refractivity contribution in [3.63, 3.8) is 0 Å². The van der Waals surface area contributed by atoms with Gasteiger partial charge in [0.15, 0.2) is 0 Å². The molecule has 0 spiro atoms. The minimum atomic E-state index is -4.73. The van der Waals surface area contributed by atoms with Gasteiger partial charge in [0.05, 0.1) is 16.1 Å². The Morgan fingerprint density at radius 3 is 2.23 bits per heavy atom. The minimum absolute atomic E-state index is 0.0132. The minimum Gasteiger partial charge on any atom is -0.352 e. The van der Waals surface area contributed by atoms with Crippen molar-refractivity contribution in [3.05, 3.63) is 95.6 Å². The van der Waals surface area contributed by atoms with Gasteiger partial charge in [-0.05, 0) is 67.6 Å². The number of carbonyl (C=O) groups is 2. The number of hydrogen-bond acceptors (Lipinski definition) is 4. The number of aryl methyl sites for hydroxylation is 1. The summed E-state index contributed by atoms with van der Waals surface area (Å²) < 4.78 is 69.5. The van der Waals surface area contributed by atoms with Gasteiger partial charge in [0.2, 0.25) is 11.8 Å². The molecule has 3 aromatic carbocycles. The second kappa shape index (κ2) is 14.3. The molecule has 1 fully saturated rings. The van der Waals surface area contributed by atoms with E-state index in [0.717, 1.165) is 55.4 Å². The van der Waals surface area contributed by atoms with Crippen molar-refractivity contribution in [1.29, 1.82) is 0 Å². The van der Waals surface area contributed by atoms with Gasteiger partial charge in [-0.2, -0.15) is 13.2 Å². The summed E-state index contributed by atoms with van der Waals surface area (Å²) in [5.74, 6) is -1.05. The van der Waals surface area contributed by atoms with Gasteiger partial charge in [-0.15, -0.1) is 0 Å². The molecule has 1 aliphatic carbocycles. The fourth-order valence-electron chi connectivity index (χ4n) is 5.52. The van der Waals surface area contributed by atoms with Crippen LogP contribution < -0.4 is 9.62 Å². The van der Waals surface area contributed by atoms with E-state index >= 15 is 0 Å². The monoisotopic (exact) mass is 629 g/mol. The molecule has 0 aromatic heterocycles. The van der Waals surface area contributed by atoms with E-state index < -0.39 is 40.3 Å². The summed E-state index contributed by atoms with van der Waals surface area (Å²) in [6.07, 6.45) is 0.296. The summed E-state index contributed by atoms with van der Waals surface area (Å²) >= 11 is 0. The van der Waals surface area contributed by atoms with Gasteiger partial charge in [0.1, 0.15) is 12.6 Å². The van der Waals surface area contributed by atoms with Gasteiger partial charge in [0, 0.05) is 12.6 Å². The molecular formula is C33H38F3N3O4S. The molecule has 1 aliphatic rings. The van der Waals surface area contributed by atoms with E-state index in [1.165, 1.54) is 35.2 Å². The molecule has 3 aromatic rings. The SMILES string of the molecule is CCC(C(=O)NC1CCCCC1)N(Cc1ccccc1C)C(=O)CN(c1cccc(C(F)(F)F)c1)S(=O)(=O)c1ccccc1. The lowest BCUT2D eigenvalue weighted by Gasteiger charge is -2.35. The average molecular weight is 630 g/mol. The van der Waals surface area contributed by atoms with Crippen molar-refractivity contribution in [2.45, 2.75) is 82.1 Å². The number of halogens is 3. The van der Waals surface area contributed by atoms with E-state index in [0.29, 0.717) is 10.4 Å². The zero-order valence-corrected chi connectivity index (χ0v) is 25.7. The number of alkyl halides is 3. The van der Waals surface area contributed by atoms with Crippen LogP contribution in [-0.4, -0.2) is 43.8 Å². The number of sulfonamides is 1. The molecule has 7 nitrogen and oxygen atoms in total. The predicted octanol–water partition coefficient (Wildman–Crippen LogP) is 6.47. The molecule has 2 amide bonds. The average Bonchev–Trinajstić information content (AvgIpc) is 3.01. The van der Waals surface area contributed by atoms with Crippen molar-refractivity contribution in [2.24, 2.45) is 0 Å². The van der Waals surface area contributed by atoms with E-state index in [2.05, 4.69) is 5.32 Å². The van der Waals surface area contributed by atoms with Crippen molar-refractivity contribution < 1.29 is 31.2 Å². The van der Waals surface area contributed by atoms with Gasteiger partial charge in [-0.1, -0.05) is 74.7 Å². The Bertz CT molecular complexity index is 1540. The summed E-state index contributed by atoms with van der Waals surface area (Å²) in [4.78, 5) is 29.0. The summed E-state index contributed by atoms with van der Waals surface area (Å²) in [5.41, 5.74) is 0.277. The molecule has 1 saturated carbocycles. The van der Waals surface area contributed by atoms with Crippen LogP contribution >= 0.6 is 0 Å². The molecule has 1 N–H and O–H groups in total. The number of nitrogens with one attached hydrogen (secondary N) is 1. The van der Waals surface area contributed by atoms with Crippen LogP contribution in [0.3, 0.4) is 0 Å². The van der Waals surface area contributed by atoms with Gasteiger partial charge in [0.25, 0.3) is 10.0 Å². The molecule has 44 heavy (non-hydrogen) atoms. The standard InChI is InChI=1S/C33H38F3N3O4S/c1-3-30(32(41)37-27-16-6-4-7-17-27)38(22-25-14-11-10-13-24(25)2)31(40)23-39(44(42,43)29-19-8-5-9-20-29)28-18-12-15-26(21-28)33(34,35)36/h5,8-15,18-21,27,30H,3-4,6-7,16-17,22-23H2,1-2H3,(H,37,41). The summed E-state index contributed by atoms with van der Waals surface area (Å²) in [5, 5.41) is 3.08. The van der Waals surface area contributed by atoms with Crippen LogP contribution in [0.1, 0.15) is 62.1 Å². The maximum Gasteiger partial charge on any atom is 0.416 e. The maximum absolute atomic E-state index is 14.2. The fourth-order valence-corrected chi connectivity index (χ4v) is 6.95. The van der Waals surface area contributed by atoms with E-state index in [1.54, 1.807) is 13.0 Å². The van der Waals surface area contributed by atoms with Gasteiger partial charge in [-0.25, -0.2) is 8.42 Å². The molecule has 0 saturated heterocycles. The normalized spacial score (nSPS) is 14.9. The summed E-state index contributed by atoms with van der Waals surface area (Å²) in [7, 11) is -4.48. The Balaban J connectivity index is 1.75. The third kappa shape index (κ3) is 7.99. The Kier molecular flexibility index (Phi) is 10.7. The topological polar surface area (TPSA) is 86.8 Å². The smallest absolute Gasteiger partial charge is 0.352 e. The van der Waals surface area contributed by atoms with Crippen LogP contribution in [0.25, 0.3) is 0 Å². The first-order valence-electron chi connectivity index (χ1n) is 14.8. The molecule has 4 rings (SSSR count). The highest BCUT2D eigenvalue weighted by Gasteiger charge is 2.36. The Labute approximate surface area is 257 Å². The quantitative estimate of drug-likeness (QED) is 0.264. The van der Waals surface area contributed by atoms with Crippen molar-refractivity contribution in [3.8, 4) is 0 Å². The lowest BCUT2D eigenvalue weighted by molar-refractivity contribution is -0.140. The zero-order valence-electron chi connectivity index (χ0n) is 24.9. The highest BCUT2D eigenvalue weighted by Crippen LogP contribution is 2.33. The molecule has 0 aliphatic heterocycles. The number of anilines is 1. The van der Waals surface area contributed by atoms with Crippen LogP contribution in [0.2, 0.25) is 0 Å². The summed E-state index contributed by atoms with van der Waals surface area (Å²) in [6.45, 7) is 2.85. The number of carbonyl (C=O) groups excluding carboxylic acids is 2. The second-order valence-corrected chi connectivity index (χ2v) is 13.0. The van der Waals surface area contributed by atoms with Crippen molar-refractivity contribution in [2.75, 3.05) is 10.8 Å². The summed E-state index contributed by atoms with van der Waals surface area (Å²) in [6, 6.07) is 17.5. The van der Waals surface area contributed by atoms with Gasteiger partial charge < -0.3 is 10.2 Å². The number of nitrogens with zero attached hydrogens (tertiary/aromatic N) is 2. The number of hydrogen-bond donors (Lipinski definition) is 1. The first kappa shape index (κ1) is 33.0. The van der Waals surface area contributed by atoms with E-state index in [-0.39, 0.29) is 35.5 Å². The molecule has 0 heterocycles. The van der Waals surface area contributed by atoms with Gasteiger partial charge >= 0.3 is 6.18 Å². The Morgan fingerprint density at radius 2 is 1.59 bits per heavy atom. The van der Waals surface area contributed by atoms with Gasteiger partial charge in [-0.3, -0.25) is 13.9 Å². The van der Waals surface area contributed by atoms with E-state index in [1.807, 2.05) is 31.2 Å². The van der Waals surface area contributed by atoms with Crippen LogP contribution in [0.5, 0.6) is 0 Å². The molecule has 0 radical (unpaired) electrons. The Hall–Kier alpha value is -3.86. The van der Waals surface area contributed by atoms with E-state index in [9.17, 15) is 31.2 Å². The van der Waals surface area contributed by atoms with Crippen LogP contribution in [-0.2, 0) is 32.3 Å².